The monoisotopic (exact) mass is 333 g/mol. The zero-order valence-corrected chi connectivity index (χ0v) is 14.9. The van der Waals surface area contributed by atoms with Crippen molar-refractivity contribution in [2.45, 2.75) is 51.8 Å². The van der Waals surface area contributed by atoms with Crippen molar-refractivity contribution in [2.75, 3.05) is 20.1 Å². The maximum Gasteiger partial charge on any atom is 0.315 e. The predicted molar refractivity (Wildman–Crippen MR) is 96.7 cm³/mol. The van der Waals surface area contributed by atoms with E-state index in [-0.39, 0.29) is 12.1 Å². The van der Waals surface area contributed by atoms with Crippen molar-refractivity contribution in [3.63, 3.8) is 0 Å². The number of benzene rings is 1. The van der Waals surface area contributed by atoms with E-state index >= 15 is 0 Å². The highest BCUT2D eigenvalue weighted by atomic mass is 16.3. The van der Waals surface area contributed by atoms with E-state index < -0.39 is 0 Å². The number of aliphatic hydroxyl groups is 1. The van der Waals surface area contributed by atoms with Gasteiger partial charge in [-0.2, -0.15) is 0 Å². The highest BCUT2D eigenvalue weighted by Gasteiger charge is 2.20. The molecule has 0 radical (unpaired) electrons. The van der Waals surface area contributed by atoms with Gasteiger partial charge in [0.1, 0.15) is 0 Å². The molecule has 0 heterocycles. The lowest BCUT2D eigenvalue weighted by Crippen LogP contribution is -2.39. The Hall–Kier alpha value is -1.59. The lowest BCUT2D eigenvalue weighted by Gasteiger charge is -2.25. The van der Waals surface area contributed by atoms with Crippen LogP contribution in [0.1, 0.15) is 43.7 Å². The molecule has 2 rings (SSSR count). The number of hydrogen-bond donors (Lipinski definition) is 3. The van der Waals surface area contributed by atoms with Gasteiger partial charge in [-0.1, -0.05) is 37.6 Å². The molecule has 1 aromatic rings. The van der Waals surface area contributed by atoms with E-state index in [1.807, 2.05) is 12.1 Å². The Balaban J connectivity index is 1.72. The lowest BCUT2D eigenvalue weighted by molar-refractivity contribution is 0.101. The summed E-state index contributed by atoms with van der Waals surface area (Å²) in [4.78, 5) is 14.2. The van der Waals surface area contributed by atoms with Crippen LogP contribution < -0.4 is 10.6 Å². The van der Waals surface area contributed by atoms with Crippen molar-refractivity contribution in [2.24, 2.45) is 5.92 Å². The Morgan fingerprint density at radius 3 is 2.83 bits per heavy atom. The van der Waals surface area contributed by atoms with Crippen LogP contribution >= 0.6 is 0 Å². The molecule has 1 aliphatic rings. The van der Waals surface area contributed by atoms with Crippen LogP contribution in [0.15, 0.2) is 24.3 Å². The summed E-state index contributed by atoms with van der Waals surface area (Å²) in [6.45, 7) is 5.25. The number of amides is 2. The normalized spacial score (nSPS) is 20.8. The number of rotatable bonds is 7. The molecule has 0 saturated heterocycles. The highest BCUT2D eigenvalue weighted by Crippen LogP contribution is 2.23. The number of urea groups is 1. The molecule has 0 aliphatic heterocycles. The van der Waals surface area contributed by atoms with Crippen LogP contribution in [0.25, 0.3) is 0 Å². The molecule has 1 fully saturated rings. The SMILES string of the molecule is CCN(C)Cc1cccc(CNC(=O)NCC2CCCC(O)C2)c1. The molecule has 2 atom stereocenters. The highest BCUT2D eigenvalue weighted by molar-refractivity contribution is 5.73. The van der Waals surface area contributed by atoms with E-state index in [0.717, 1.165) is 44.3 Å². The molecule has 24 heavy (non-hydrogen) atoms. The van der Waals surface area contributed by atoms with Gasteiger partial charge in [0, 0.05) is 19.6 Å². The van der Waals surface area contributed by atoms with Crippen LogP contribution in [-0.2, 0) is 13.1 Å². The third-order valence-corrected chi connectivity index (χ3v) is 4.74. The first-order valence-corrected chi connectivity index (χ1v) is 9.03. The van der Waals surface area contributed by atoms with Gasteiger partial charge in [-0.15, -0.1) is 0 Å². The third-order valence-electron chi connectivity index (χ3n) is 4.74. The fraction of sp³-hybridized carbons (Fsp3) is 0.632. The Labute approximate surface area is 145 Å². The zero-order chi connectivity index (χ0) is 17.4. The molecule has 0 bridgehead atoms. The average molecular weight is 333 g/mol. The van der Waals surface area contributed by atoms with Crippen molar-refractivity contribution < 1.29 is 9.90 Å². The fourth-order valence-corrected chi connectivity index (χ4v) is 3.19. The van der Waals surface area contributed by atoms with E-state index in [0.29, 0.717) is 19.0 Å². The second-order valence-electron chi connectivity index (χ2n) is 6.90. The second kappa shape index (κ2) is 9.64. The molecule has 2 unspecified atom stereocenters. The molecule has 5 nitrogen and oxygen atoms in total. The quantitative estimate of drug-likeness (QED) is 0.718. The largest absolute Gasteiger partial charge is 0.393 e. The topological polar surface area (TPSA) is 64.6 Å². The first-order chi connectivity index (χ1) is 11.6. The van der Waals surface area contributed by atoms with Crippen molar-refractivity contribution >= 4 is 6.03 Å². The minimum atomic E-state index is -0.197. The Morgan fingerprint density at radius 2 is 2.08 bits per heavy atom. The summed E-state index contributed by atoms with van der Waals surface area (Å²) in [7, 11) is 2.10. The molecule has 5 heteroatoms. The van der Waals surface area contributed by atoms with Gasteiger partial charge in [0.15, 0.2) is 0 Å². The maximum atomic E-state index is 12.0. The number of aliphatic hydroxyl groups excluding tert-OH is 1. The van der Waals surface area contributed by atoms with Gasteiger partial charge in [0.2, 0.25) is 0 Å². The Morgan fingerprint density at radius 1 is 1.29 bits per heavy atom. The number of carbonyl (C=O) groups excluding carboxylic acids is 1. The van der Waals surface area contributed by atoms with Crippen LogP contribution in [-0.4, -0.2) is 42.3 Å². The molecule has 0 spiro atoms. The maximum absolute atomic E-state index is 12.0. The number of nitrogens with one attached hydrogen (secondary N) is 2. The molecular weight excluding hydrogens is 302 g/mol. The van der Waals surface area contributed by atoms with Crippen LogP contribution in [0.5, 0.6) is 0 Å². The molecule has 1 saturated carbocycles. The van der Waals surface area contributed by atoms with Crippen molar-refractivity contribution in [1.29, 1.82) is 0 Å². The number of carbonyl (C=O) groups is 1. The summed E-state index contributed by atoms with van der Waals surface area (Å²) in [5.41, 5.74) is 2.37. The molecule has 134 valence electrons. The summed E-state index contributed by atoms with van der Waals surface area (Å²) in [5.74, 6) is 0.396. The van der Waals surface area contributed by atoms with E-state index in [1.54, 1.807) is 0 Å². The summed E-state index contributed by atoms with van der Waals surface area (Å²) in [6, 6.07) is 8.20. The van der Waals surface area contributed by atoms with E-state index in [9.17, 15) is 9.90 Å². The molecule has 3 N–H and O–H groups in total. The van der Waals surface area contributed by atoms with Gasteiger partial charge >= 0.3 is 6.03 Å². The van der Waals surface area contributed by atoms with Gasteiger partial charge in [-0.25, -0.2) is 4.79 Å². The van der Waals surface area contributed by atoms with Crippen LogP contribution in [0, 0.1) is 5.92 Å². The second-order valence-corrected chi connectivity index (χ2v) is 6.90. The standard InChI is InChI=1S/C19H31N3O2/c1-3-22(2)14-17-8-4-6-15(10-17)12-20-19(24)21-13-16-7-5-9-18(23)11-16/h4,6,8,10,16,18,23H,3,5,7,9,11-14H2,1-2H3,(H2,20,21,24). The van der Waals surface area contributed by atoms with Gasteiger partial charge in [-0.3, -0.25) is 0 Å². The van der Waals surface area contributed by atoms with Gasteiger partial charge in [-0.05, 0) is 49.9 Å². The van der Waals surface area contributed by atoms with E-state index in [1.165, 1.54) is 5.56 Å². The zero-order valence-electron chi connectivity index (χ0n) is 14.9. The summed E-state index contributed by atoms with van der Waals surface area (Å²) < 4.78 is 0. The first-order valence-electron chi connectivity index (χ1n) is 9.03. The molecule has 1 aliphatic carbocycles. The van der Waals surface area contributed by atoms with E-state index in [4.69, 9.17) is 0 Å². The number of nitrogens with zero attached hydrogens (tertiary/aromatic N) is 1. The smallest absolute Gasteiger partial charge is 0.315 e. The summed E-state index contributed by atoms with van der Waals surface area (Å²) in [5, 5.41) is 15.5. The summed E-state index contributed by atoms with van der Waals surface area (Å²) >= 11 is 0. The van der Waals surface area contributed by atoms with Gasteiger partial charge in [0.25, 0.3) is 0 Å². The van der Waals surface area contributed by atoms with Crippen molar-refractivity contribution in [1.82, 2.24) is 15.5 Å². The minimum absolute atomic E-state index is 0.133. The lowest BCUT2D eigenvalue weighted by atomic mass is 9.87. The van der Waals surface area contributed by atoms with Crippen molar-refractivity contribution in [3.8, 4) is 0 Å². The first kappa shape index (κ1) is 18.7. The molecule has 2 amide bonds. The minimum Gasteiger partial charge on any atom is -0.393 e. The van der Waals surface area contributed by atoms with Gasteiger partial charge in [0.05, 0.1) is 6.10 Å². The van der Waals surface area contributed by atoms with Crippen LogP contribution in [0.2, 0.25) is 0 Å². The van der Waals surface area contributed by atoms with Crippen molar-refractivity contribution in [3.05, 3.63) is 35.4 Å². The Kier molecular flexibility index (Phi) is 7.53. The predicted octanol–water partition coefficient (Wildman–Crippen LogP) is 2.49. The average Bonchev–Trinajstić information content (AvgIpc) is 2.58. The van der Waals surface area contributed by atoms with Gasteiger partial charge < -0.3 is 20.6 Å². The molecule has 0 aromatic heterocycles. The fourth-order valence-electron chi connectivity index (χ4n) is 3.19. The molecular formula is C19H31N3O2. The van der Waals surface area contributed by atoms with Crippen LogP contribution in [0.4, 0.5) is 4.79 Å². The number of hydrogen-bond acceptors (Lipinski definition) is 3. The van der Waals surface area contributed by atoms with E-state index in [2.05, 4.69) is 41.6 Å². The summed E-state index contributed by atoms with van der Waals surface area (Å²) in [6.07, 6.45) is 3.63. The van der Waals surface area contributed by atoms with Crippen LogP contribution in [0.3, 0.4) is 0 Å². The third kappa shape index (κ3) is 6.49. The Bertz CT molecular complexity index is 521. The molecule has 1 aromatic carbocycles.